The number of carbonyl (C=O) groups excluding carboxylic acids is 1. The number of non-ortho nitro benzene ring substituents is 1. The molecule has 3 aromatic rings. The molecule has 0 aliphatic rings. The number of ether oxygens (including phenoxy) is 1. The lowest BCUT2D eigenvalue weighted by molar-refractivity contribution is -0.383. The van der Waals surface area contributed by atoms with Crippen LogP contribution in [0.5, 0.6) is 5.75 Å². The second kappa shape index (κ2) is 7.79. The molecule has 1 N–H and O–H groups in total. The summed E-state index contributed by atoms with van der Waals surface area (Å²) in [5.74, 6) is -0.0633. The first kappa shape index (κ1) is 18.3. The van der Waals surface area contributed by atoms with E-state index in [4.69, 9.17) is 4.74 Å². The molecule has 0 saturated carbocycles. The summed E-state index contributed by atoms with van der Waals surface area (Å²) < 4.78 is 7.13. The Labute approximate surface area is 164 Å². The Kier molecular flexibility index (Phi) is 5.48. The number of aromatic nitrogens is 1. The number of nitrogens with zero attached hydrogens (tertiary/aromatic N) is 2. The van der Waals surface area contributed by atoms with Crippen LogP contribution < -0.4 is 10.1 Å². The van der Waals surface area contributed by atoms with Gasteiger partial charge in [-0.1, -0.05) is 15.9 Å². The van der Waals surface area contributed by atoms with Gasteiger partial charge in [0.25, 0.3) is 11.6 Å². The molecule has 26 heavy (non-hydrogen) atoms. The van der Waals surface area contributed by atoms with Crippen molar-refractivity contribution in [1.29, 1.82) is 0 Å². The molecule has 1 aromatic heterocycles. The fourth-order valence-electron chi connectivity index (χ4n) is 2.33. The molecule has 0 aliphatic carbocycles. The molecule has 0 aliphatic heterocycles. The molecular weight excluding hydrogens is 470 g/mol. The third-order valence-corrected chi connectivity index (χ3v) is 4.62. The van der Waals surface area contributed by atoms with Gasteiger partial charge in [-0.05, 0) is 52.3 Å². The molecule has 0 fully saturated rings. The predicted octanol–water partition coefficient (Wildman–Crippen LogP) is 4.69. The third kappa shape index (κ3) is 4.00. The van der Waals surface area contributed by atoms with Gasteiger partial charge in [-0.15, -0.1) is 0 Å². The van der Waals surface area contributed by atoms with Crippen LogP contribution in [0.3, 0.4) is 0 Å². The number of nitrogens with one attached hydrogen (secondary N) is 1. The molecule has 0 unspecified atom stereocenters. The first-order valence-corrected chi connectivity index (χ1v) is 8.94. The standard InChI is InChI=1S/C17H11Br2N3O4/c18-10-3-4-13(12(19)8-10)21-16(23)9-26-15-6-5-14(22(24)25)11-2-1-7-20-17(11)15/h1-8H,9H2,(H,21,23). The quantitative estimate of drug-likeness (QED) is 0.422. The number of halogens is 2. The number of fused-ring (bicyclic) bond motifs is 1. The van der Waals surface area contributed by atoms with Crippen molar-refractivity contribution in [2.45, 2.75) is 0 Å². The Morgan fingerprint density at radius 3 is 2.77 bits per heavy atom. The number of benzene rings is 2. The Hall–Kier alpha value is -2.52. The first-order chi connectivity index (χ1) is 12.5. The van der Waals surface area contributed by atoms with Crippen molar-refractivity contribution in [2.75, 3.05) is 11.9 Å². The van der Waals surface area contributed by atoms with E-state index in [0.29, 0.717) is 22.3 Å². The van der Waals surface area contributed by atoms with Gasteiger partial charge in [-0.25, -0.2) is 0 Å². The first-order valence-electron chi connectivity index (χ1n) is 7.35. The second-order valence-corrected chi connectivity index (χ2v) is 6.97. The zero-order valence-electron chi connectivity index (χ0n) is 13.1. The highest BCUT2D eigenvalue weighted by Gasteiger charge is 2.16. The number of rotatable bonds is 5. The molecule has 3 rings (SSSR count). The highest BCUT2D eigenvalue weighted by Crippen LogP contribution is 2.31. The van der Waals surface area contributed by atoms with Crippen molar-refractivity contribution in [3.8, 4) is 5.75 Å². The Morgan fingerprint density at radius 1 is 1.23 bits per heavy atom. The summed E-state index contributed by atoms with van der Waals surface area (Å²) in [5, 5.41) is 14.2. The SMILES string of the molecule is O=C(COc1ccc([N+](=O)[O-])c2cccnc12)Nc1ccc(Br)cc1Br. The normalized spacial score (nSPS) is 10.5. The van der Waals surface area contributed by atoms with Crippen LogP contribution in [0, 0.1) is 10.1 Å². The van der Waals surface area contributed by atoms with E-state index < -0.39 is 4.92 Å². The number of anilines is 1. The monoisotopic (exact) mass is 479 g/mol. The lowest BCUT2D eigenvalue weighted by atomic mass is 10.1. The highest BCUT2D eigenvalue weighted by atomic mass is 79.9. The maximum absolute atomic E-state index is 12.1. The van der Waals surface area contributed by atoms with E-state index in [9.17, 15) is 14.9 Å². The molecule has 0 saturated heterocycles. The third-order valence-electron chi connectivity index (χ3n) is 3.47. The largest absolute Gasteiger partial charge is 0.481 e. The summed E-state index contributed by atoms with van der Waals surface area (Å²) in [7, 11) is 0. The van der Waals surface area contributed by atoms with Crippen LogP contribution in [0.4, 0.5) is 11.4 Å². The minimum Gasteiger partial charge on any atom is -0.481 e. The fraction of sp³-hybridized carbons (Fsp3) is 0.0588. The van der Waals surface area contributed by atoms with Gasteiger partial charge in [0.15, 0.2) is 6.61 Å². The van der Waals surface area contributed by atoms with Crippen LogP contribution in [0.15, 0.2) is 57.6 Å². The van der Waals surface area contributed by atoms with Crippen LogP contribution >= 0.6 is 31.9 Å². The number of pyridine rings is 1. The van der Waals surface area contributed by atoms with E-state index >= 15 is 0 Å². The summed E-state index contributed by atoms with van der Waals surface area (Å²) in [4.78, 5) is 26.9. The van der Waals surface area contributed by atoms with E-state index in [0.717, 1.165) is 8.95 Å². The second-order valence-electron chi connectivity index (χ2n) is 5.20. The summed E-state index contributed by atoms with van der Waals surface area (Å²) in [6, 6.07) is 11.3. The molecule has 1 amide bonds. The van der Waals surface area contributed by atoms with Crippen molar-refractivity contribution in [3.05, 3.63) is 67.7 Å². The number of carbonyl (C=O) groups is 1. The molecule has 9 heteroatoms. The number of hydrogen-bond donors (Lipinski definition) is 1. The van der Waals surface area contributed by atoms with E-state index in [2.05, 4.69) is 42.2 Å². The van der Waals surface area contributed by atoms with Crippen molar-refractivity contribution < 1.29 is 14.5 Å². The van der Waals surface area contributed by atoms with Gasteiger partial charge in [-0.3, -0.25) is 19.9 Å². The average molecular weight is 481 g/mol. The van der Waals surface area contributed by atoms with Gasteiger partial charge in [-0.2, -0.15) is 0 Å². The molecule has 132 valence electrons. The maximum Gasteiger partial charge on any atom is 0.279 e. The minimum absolute atomic E-state index is 0.0660. The number of nitro groups is 1. The number of amides is 1. The summed E-state index contributed by atoms with van der Waals surface area (Å²) in [6.45, 7) is -0.258. The van der Waals surface area contributed by atoms with E-state index in [-0.39, 0.29) is 18.2 Å². The van der Waals surface area contributed by atoms with Gasteiger partial charge in [0.1, 0.15) is 11.3 Å². The molecule has 0 radical (unpaired) electrons. The van der Waals surface area contributed by atoms with E-state index in [1.54, 1.807) is 24.3 Å². The Balaban J connectivity index is 1.76. The molecular formula is C17H11Br2N3O4. The van der Waals surface area contributed by atoms with Gasteiger partial charge in [0.2, 0.25) is 0 Å². The van der Waals surface area contributed by atoms with E-state index in [1.165, 1.54) is 18.3 Å². The van der Waals surface area contributed by atoms with Crippen molar-refractivity contribution in [3.63, 3.8) is 0 Å². The number of nitro benzene ring substituents is 1. The number of hydrogen-bond acceptors (Lipinski definition) is 5. The average Bonchev–Trinajstić information content (AvgIpc) is 2.61. The minimum atomic E-state index is -0.481. The zero-order chi connectivity index (χ0) is 18.7. The molecule has 1 heterocycles. The Morgan fingerprint density at radius 2 is 2.04 bits per heavy atom. The molecule has 7 nitrogen and oxygen atoms in total. The van der Waals surface area contributed by atoms with Crippen LogP contribution in [-0.4, -0.2) is 22.4 Å². The highest BCUT2D eigenvalue weighted by molar-refractivity contribution is 9.11. The molecule has 0 bridgehead atoms. The van der Waals surface area contributed by atoms with Crippen LogP contribution in [-0.2, 0) is 4.79 Å². The van der Waals surface area contributed by atoms with Gasteiger partial charge in [0, 0.05) is 21.2 Å². The van der Waals surface area contributed by atoms with Gasteiger partial charge < -0.3 is 10.1 Å². The van der Waals surface area contributed by atoms with Crippen molar-refractivity contribution in [1.82, 2.24) is 4.98 Å². The predicted molar refractivity (Wildman–Crippen MR) is 104 cm³/mol. The summed E-state index contributed by atoms with van der Waals surface area (Å²) in [5.41, 5.74) is 0.872. The van der Waals surface area contributed by atoms with Crippen molar-refractivity contribution in [2.24, 2.45) is 0 Å². The maximum atomic E-state index is 12.1. The summed E-state index contributed by atoms with van der Waals surface area (Å²) >= 11 is 6.71. The molecule has 2 aromatic carbocycles. The lowest BCUT2D eigenvalue weighted by Crippen LogP contribution is -2.20. The fourth-order valence-corrected chi connectivity index (χ4v) is 3.47. The van der Waals surface area contributed by atoms with Crippen LogP contribution in [0.2, 0.25) is 0 Å². The van der Waals surface area contributed by atoms with Gasteiger partial charge >= 0.3 is 0 Å². The van der Waals surface area contributed by atoms with Crippen LogP contribution in [0.25, 0.3) is 10.9 Å². The summed E-state index contributed by atoms with van der Waals surface area (Å²) in [6.07, 6.45) is 1.51. The lowest BCUT2D eigenvalue weighted by Gasteiger charge is -2.10. The topological polar surface area (TPSA) is 94.4 Å². The smallest absolute Gasteiger partial charge is 0.279 e. The van der Waals surface area contributed by atoms with Gasteiger partial charge in [0.05, 0.1) is 16.0 Å². The Bertz CT molecular complexity index is 1010. The van der Waals surface area contributed by atoms with E-state index in [1.807, 2.05) is 6.07 Å². The zero-order valence-corrected chi connectivity index (χ0v) is 16.3. The molecule has 0 spiro atoms. The molecule has 0 atom stereocenters. The van der Waals surface area contributed by atoms with Crippen LogP contribution in [0.1, 0.15) is 0 Å². The van der Waals surface area contributed by atoms with Crippen molar-refractivity contribution >= 4 is 60.0 Å².